The van der Waals surface area contributed by atoms with Crippen LogP contribution in [0.15, 0.2) is 53.4 Å². The van der Waals surface area contributed by atoms with Gasteiger partial charge in [0, 0.05) is 28.3 Å². The summed E-state index contributed by atoms with van der Waals surface area (Å²) < 4.78 is 0. The standard InChI is InChI=1S/C15H11N3O3S/c16-8-9-22-14-3-1-2-12(10-14)17-15(19)11-4-6-13(7-5-11)18(20)21/h1-7,10H,9H2,(H,17,19). The molecule has 0 bridgehead atoms. The van der Waals surface area contributed by atoms with E-state index in [2.05, 4.69) is 5.32 Å². The van der Waals surface area contributed by atoms with Crippen LogP contribution in [0.2, 0.25) is 0 Å². The Kier molecular flexibility index (Phi) is 5.11. The lowest BCUT2D eigenvalue weighted by atomic mass is 10.2. The van der Waals surface area contributed by atoms with Crippen LogP contribution >= 0.6 is 11.8 Å². The highest BCUT2D eigenvalue weighted by Crippen LogP contribution is 2.22. The lowest BCUT2D eigenvalue weighted by molar-refractivity contribution is -0.384. The van der Waals surface area contributed by atoms with E-state index >= 15 is 0 Å². The quantitative estimate of drug-likeness (QED) is 0.518. The van der Waals surface area contributed by atoms with E-state index in [0.717, 1.165) is 4.90 Å². The zero-order chi connectivity index (χ0) is 15.9. The van der Waals surface area contributed by atoms with Crippen LogP contribution in [0.1, 0.15) is 10.4 Å². The summed E-state index contributed by atoms with van der Waals surface area (Å²) in [4.78, 5) is 23.0. The number of nitro benzene ring substituents is 1. The summed E-state index contributed by atoms with van der Waals surface area (Å²) in [6.07, 6.45) is 0. The molecule has 0 heterocycles. The maximum Gasteiger partial charge on any atom is 0.269 e. The van der Waals surface area contributed by atoms with Gasteiger partial charge in [-0.15, -0.1) is 11.8 Å². The Balaban J connectivity index is 2.08. The summed E-state index contributed by atoms with van der Waals surface area (Å²) in [6, 6.07) is 14.6. The second kappa shape index (κ2) is 7.24. The van der Waals surface area contributed by atoms with E-state index in [1.165, 1.54) is 36.0 Å². The topological polar surface area (TPSA) is 96.0 Å². The molecule has 2 aromatic carbocycles. The summed E-state index contributed by atoms with van der Waals surface area (Å²) >= 11 is 1.38. The molecule has 2 aromatic rings. The molecule has 0 saturated carbocycles. The number of non-ortho nitro benzene ring substituents is 1. The molecule has 0 radical (unpaired) electrons. The molecule has 0 fully saturated rings. The maximum atomic E-state index is 12.1. The molecule has 0 aliphatic rings. The van der Waals surface area contributed by atoms with Crippen molar-refractivity contribution in [2.75, 3.05) is 11.1 Å². The van der Waals surface area contributed by atoms with E-state index in [1.54, 1.807) is 18.2 Å². The van der Waals surface area contributed by atoms with Crippen LogP contribution < -0.4 is 5.32 Å². The fourth-order valence-electron chi connectivity index (χ4n) is 1.72. The first-order chi connectivity index (χ1) is 10.6. The van der Waals surface area contributed by atoms with E-state index in [9.17, 15) is 14.9 Å². The number of thioether (sulfide) groups is 1. The van der Waals surface area contributed by atoms with Crippen molar-refractivity contribution in [1.29, 1.82) is 5.26 Å². The molecular weight excluding hydrogens is 302 g/mol. The second-order valence-corrected chi connectivity index (χ2v) is 5.28. The Morgan fingerprint density at radius 3 is 2.64 bits per heavy atom. The summed E-state index contributed by atoms with van der Waals surface area (Å²) in [5.74, 6) is -0.0166. The van der Waals surface area contributed by atoms with Crippen LogP contribution in [0.5, 0.6) is 0 Å². The summed E-state index contributed by atoms with van der Waals surface area (Å²) in [5, 5.41) is 21.9. The molecule has 0 spiro atoms. The Hall–Kier alpha value is -2.85. The highest BCUT2D eigenvalue weighted by Gasteiger charge is 2.09. The third-order valence-corrected chi connectivity index (χ3v) is 3.60. The summed E-state index contributed by atoms with van der Waals surface area (Å²) in [6.45, 7) is 0. The van der Waals surface area contributed by atoms with Crippen LogP contribution in [0.25, 0.3) is 0 Å². The molecule has 1 amide bonds. The third-order valence-electron chi connectivity index (χ3n) is 2.74. The minimum atomic E-state index is -0.516. The average Bonchev–Trinajstić information content (AvgIpc) is 2.53. The van der Waals surface area contributed by atoms with Crippen LogP contribution in [-0.2, 0) is 0 Å². The minimum Gasteiger partial charge on any atom is -0.322 e. The van der Waals surface area contributed by atoms with E-state index in [0.29, 0.717) is 17.0 Å². The van der Waals surface area contributed by atoms with Crippen LogP contribution in [0.4, 0.5) is 11.4 Å². The number of hydrogen-bond donors (Lipinski definition) is 1. The SMILES string of the molecule is N#CCSc1cccc(NC(=O)c2ccc([N+](=O)[O-])cc2)c1. The Morgan fingerprint density at radius 2 is 2.00 bits per heavy atom. The van der Waals surface area contributed by atoms with Gasteiger partial charge in [-0.05, 0) is 30.3 Å². The second-order valence-electron chi connectivity index (χ2n) is 4.23. The van der Waals surface area contributed by atoms with E-state index < -0.39 is 4.92 Å². The predicted octanol–water partition coefficient (Wildman–Crippen LogP) is 3.46. The first kappa shape index (κ1) is 15.5. The number of amides is 1. The van der Waals surface area contributed by atoms with Crippen LogP contribution in [0.3, 0.4) is 0 Å². The minimum absolute atomic E-state index is 0.0635. The van der Waals surface area contributed by atoms with Crippen LogP contribution in [-0.4, -0.2) is 16.6 Å². The first-order valence-electron chi connectivity index (χ1n) is 6.26. The molecule has 0 aromatic heterocycles. The molecule has 2 rings (SSSR count). The number of benzene rings is 2. The van der Waals surface area contributed by atoms with Gasteiger partial charge in [0.2, 0.25) is 0 Å². The fraction of sp³-hybridized carbons (Fsp3) is 0.0667. The number of nitriles is 1. The van der Waals surface area contributed by atoms with Gasteiger partial charge in [-0.2, -0.15) is 5.26 Å². The molecule has 22 heavy (non-hydrogen) atoms. The van der Waals surface area contributed by atoms with Crippen molar-refractivity contribution in [2.45, 2.75) is 4.90 Å². The van der Waals surface area contributed by atoms with E-state index in [1.807, 2.05) is 12.1 Å². The van der Waals surface area contributed by atoms with Gasteiger partial charge in [-0.1, -0.05) is 6.07 Å². The molecule has 7 heteroatoms. The number of carbonyl (C=O) groups excluding carboxylic acids is 1. The fourth-order valence-corrected chi connectivity index (χ4v) is 2.33. The number of hydrogen-bond acceptors (Lipinski definition) is 5. The monoisotopic (exact) mass is 313 g/mol. The number of nitrogens with zero attached hydrogens (tertiary/aromatic N) is 2. The van der Waals surface area contributed by atoms with Crippen LogP contribution in [0, 0.1) is 21.4 Å². The maximum absolute atomic E-state index is 12.1. The molecule has 0 aliphatic carbocycles. The Bertz CT molecular complexity index is 738. The number of carbonyl (C=O) groups is 1. The van der Waals surface area contributed by atoms with Crippen molar-refractivity contribution in [3.8, 4) is 6.07 Å². The van der Waals surface area contributed by atoms with Gasteiger partial charge in [0.25, 0.3) is 11.6 Å². The Labute approximate surface area is 130 Å². The summed E-state index contributed by atoms with van der Waals surface area (Å²) in [7, 11) is 0. The first-order valence-corrected chi connectivity index (χ1v) is 7.24. The lowest BCUT2D eigenvalue weighted by Crippen LogP contribution is -2.11. The zero-order valence-electron chi connectivity index (χ0n) is 11.4. The normalized spacial score (nSPS) is 9.77. The van der Waals surface area contributed by atoms with Crippen molar-refractivity contribution >= 4 is 29.0 Å². The third kappa shape index (κ3) is 4.07. The predicted molar refractivity (Wildman–Crippen MR) is 83.8 cm³/mol. The average molecular weight is 313 g/mol. The smallest absolute Gasteiger partial charge is 0.269 e. The highest BCUT2D eigenvalue weighted by molar-refractivity contribution is 7.99. The molecular formula is C15H11N3O3S. The van der Waals surface area contributed by atoms with E-state index in [4.69, 9.17) is 5.26 Å². The van der Waals surface area contributed by atoms with Gasteiger partial charge < -0.3 is 5.32 Å². The van der Waals surface area contributed by atoms with Gasteiger partial charge in [-0.3, -0.25) is 14.9 Å². The molecule has 1 N–H and O–H groups in total. The van der Waals surface area contributed by atoms with Crippen molar-refractivity contribution in [2.24, 2.45) is 0 Å². The van der Waals surface area contributed by atoms with Crippen molar-refractivity contribution in [3.05, 3.63) is 64.2 Å². The van der Waals surface area contributed by atoms with E-state index in [-0.39, 0.29) is 11.6 Å². The number of rotatable bonds is 5. The lowest BCUT2D eigenvalue weighted by Gasteiger charge is -2.06. The number of nitro groups is 1. The Morgan fingerprint density at radius 1 is 1.27 bits per heavy atom. The van der Waals surface area contributed by atoms with Crippen molar-refractivity contribution in [3.63, 3.8) is 0 Å². The van der Waals surface area contributed by atoms with Crippen molar-refractivity contribution < 1.29 is 9.72 Å². The van der Waals surface area contributed by atoms with Gasteiger partial charge in [-0.25, -0.2) is 0 Å². The van der Waals surface area contributed by atoms with Gasteiger partial charge >= 0.3 is 0 Å². The number of anilines is 1. The molecule has 0 saturated heterocycles. The largest absolute Gasteiger partial charge is 0.322 e. The molecule has 0 unspecified atom stereocenters. The molecule has 6 nitrogen and oxygen atoms in total. The number of nitrogens with one attached hydrogen (secondary N) is 1. The molecule has 0 aliphatic heterocycles. The summed E-state index contributed by atoms with van der Waals surface area (Å²) in [5.41, 5.74) is 0.874. The molecule has 110 valence electrons. The van der Waals surface area contributed by atoms with Gasteiger partial charge in [0.1, 0.15) is 0 Å². The van der Waals surface area contributed by atoms with Gasteiger partial charge in [0.05, 0.1) is 16.7 Å². The zero-order valence-corrected chi connectivity index (χ0v) is 12.2. The van der Waals surface area contributed by atoms with Crippen molar-refractivity contribution in [1.82, 2.24) is 0 Å². The highest BCUT2D eigenvalue weighted by atomic mass is 32.2. The van der Waals surface area contributed by atoms with Gasteiger partial charge in [0.15, 0.2) is 0 Å². The molecule has 0 atom stereocenters.